The number of benzene rings is 1. The van der Waals surface area contributed by atoms with Gasteiger partial charge in [0.25, 0.3) is 0 Å². The Kier molecular flexibility index (Phi) is 5.98. The molecule has 0 aliphatic heterocycles. The number of nitrogens with zero attached hydrogens (tertiary/aromatic N) is 5. The molecule has 32 heavy (non-hydrogen) atoms. The smallest absolute Gasteiger partial charge is 0.337 e. The molecule has 3 heterocycles. The van der Waals surface area contributed by atoms with E-state index in [4.69, 9.17) is 10.5 Å². The minimum Gasteiger partial charge on any atom is -0.465 e. The number of nitrogen functional groups attached to an aromatic ring is 1. The summed E-state index contributed by atoms with van der Waals surface area (Å²) in [6, 6.07) is 12.0. The van der Waals surface area contributed by atoms with Crippen molar-refractivity contribution in [3.63, 3.8) is 0 Å². The van der Waals surface area contributed by atoms with Gasteiger partial charge in [-0.3, -0.25) is 4.98 Å². The number of halogens is 1. The Morgan fingerprint density at radius 1 is 0.969 bits per heavy atom. The number of aromatic nitrogens is 4. The molecule has 0 aliphatic rings. The number of carbonyl (C=O) groups excluding carboxylic acids is 1. The number of esters is 1. The molecule has 0 atom stereocenters. The zero-order valence-electron chi connectivity index (χ0n) is 17.1. The second kappa shape index (κ2) is 9.17. The second-order valence-corrected chi connectivity index (χ2v) is 6.83. The lowest BCUT2D eigenvalue weighted by molar-refractivity contribution is 0.0600. The lowest BCUT2D eigenvalue weighted by Gasteiger charge is -2.23. The van der Waals surface area contributed by atoms with Crippen LogP contribution in [0, 0.1) is 5.82 Å². The third-order valence-corrected chi connectivity index (χ3v) is 4.77. The summed E-state index contributed by atoms with van der Waals surface area (Å²) < 4.78 is 18.7. The Balaban J connectivity index is 1.70. The third kappa shape index (κ3) is 4.51. The molecule has 8 nitrogen and oxygen atoms in total. The van der Waals surface area contributed by atoms with Gasteiger partial charge in [-0.05, 0) is 41.5 Å². The normalized spacial score (nSPS) is 10.6. The zero-order chi connectivity index (χ0) is 22.5. The van der Waals surface area contributed by atoms with Crippen molar-refractivity contribution in [2.45, 2.75) is 6.54 Å². The molecule has 0 radical (unpaired) electrons. The molecule has 0 fully saturated rings. The molecule has 4 rings (SSSR count). The van der Waals surface area contributed by atoms with Gasteiger partial charge in [-0.15, -0.1) is 0 Å². The molecule has 0 saturated carbocycles. The van der Waals surface area contributed by atoms with Gasteiger partial charge in [-0.25, -0.2) is 24.1 Å². The molecule has 3 aromatic heterocycles. The average molecular weight is 430 g/mol. The fourth-order valence-corrected chi connectivity index (χ4v) is 3.11. The molecule has 0 saturated heterocycles. The molecule has 1 aromatic carbocycles. The summed E-state index contributed by atoms with van der Waals surface area (Å²) in [5.41, 5.74) is 8.16. The number of nitrogens with two attached hydrogens (primary N) is 1. The van der Waals surface area contributed by atoms with E-state index in [1.54, 1.807) is 43.0 Å². The van der Waals surface area contributed by atoms with Crippen molar-refractivity contribution in [1.29, 1.82) is 0 Å². The summed E-state index contributed by atoms with van der Waals surface area (Å²) in [4.78, 5) is 30.5. The highest BCUT2D eigenvalue weighted by molar-refractivity contribution is 5.89. The van der Waals surface area contributed by atoms with Crippen LogP contribution < -0.4 is 10.6 Å². The van der Waals surface area contributed by atoms with Crippen LogP contribution in [0.3, 0.4) is 0 Å². The predicted octanol–water partition coefficient (Wildman–Crippen LogP) is 3.78. The monoisotopic (exact) mass is 430 g/mol. The SMILES string of the molecule is COC(=O)c1ccc(CN(c2cnccn2)c2cc(-c3cnc(N)c(F)c3)ccn2)cc1. The van der Waals surface area contributed by atoms with Crippen molar-refractivity contribution in [2.75, 3.05) is 17.7 Å². The van der Waals surface area contributed by atoms with Crippen LogP contribution in [-0.2, 0) is 11.3 Å². The van der Waals surface area contributed by atoms with E-state index in [2.05, 4.69) is 19.9 Å². The first kappa shape index (κ1) is 20.9. The van der Waals surface area contributed by atoms with Crippen molar-refractivity contribution < 1.29 is 13.9 Å². The van der Waals surface area contributed by atoms with E-state index < -0.39 is 11.8 Å². The fraction of sp³-hybridized carbons (Fsp3) is 0.0870. The quantitative estimate of drug-likeness (QED) is 0.461. The number of carbonyl (C=O) groups is 1. The molecule has 0 spiro atoms. The molecule has 4 aromatic rings. The van der Waals surface area contributed by atoms with E-state index in [9.17, 15) is 9.18 Å². The molecule has 0 unspecified atom stereocenters. The molecule has 0 amide bonds. The van der Waals surface area contributed by atoms with Crippen molar-refractivity contribution in [1.82, 2.24) is 19.9 Å². The van der Waals surface area contributed by atoms with Gasteiger partial charge in [0.1, 0.15) is 5.82 Å². The van der Waals surface area contributed by atoms with Crippen LogP contribution in [0.4, 0.5) is 21.8 Å². The Morgan fingerprint density at radius 2 is 1.75 bits per heavy atom. The molecule has 0 aliphatic carbocycles. The molecular weight excluding hydrogens is 411 g/mol. The Hall–Kier alpha value is -4.40. The van der Waals surface area contributed by atoms with Gasteiger partial charge in [-0.2, -0.15) is 0 Å². The number of rotatable bonds is 6. The minimum absolute atomic E-state index is 0.153. The number of ether oxygens (including phenoxy) is 1. The van der Waals surface area contributed by atoms with Crippen LogP contribution in [0.1, 0.15) is 15.9 Å². The summed E-state index contributed by atoms with van der Waals surface area (Å²) in [6.45, 7) is 0.408. The molecule has 9 heteroatoms. The standard InChI is InChI=1S/C23H19FN6O2/c1-32-23(31)16-4-2-15(3-5-16)14-30(21-13-26-8-9-28-21)20-11-17(6-7-27-20)18-10-19(24)22(25)29-12-18/h2-13H,14H2,1H3,(H2,25,29). The van der Waals surface area contributed by atoms with Gasteiger partial charge in [-0.1, -0.05) is 12.1 Å². The van der Waals surface area contributed by atoms with Crippen LogP contribution in [0.15, 0.2) is 73.4 Å². The lowest BCUT2D eigenvalue weighted by atomic mass is 10.1. The molecule has 0 bridgehead atoms. The molecule has 160 valence electrons. The first-order valence-corrected chi connectivity index (χ1v) is 9.63. The van der Waals surface area contributed by atoms with Gasteiger partial charge < -0.3 is 15.4 Å². The number of anilines is 3. The minimum atomic E-state index is -0.586. The molecular formula is C23H19FN6O2. The van der Waals surface area contributed by atoms with Crippen LogP contribution in [0.5, 0.6) is 0 Å². The van der Waals surface area contributed by atoms with Crippen molar-refractivity contribution in [3.8, 4) is 11.1 Å². The summed E-state index contributed by atoms with van der Waals surface area (Å²) >= 11 is 0. The zero-order valence-corrected chi connectivity index (χ0v) is 17.1. The Bertz CT molecular complexity index is 1230. The van der Waals surface area contributed by atoms with Gasteiger partial charge in [0.05, 0.1) is 25.4 Å². The third-order valence-electron chi connectivity index (χ3n) is 4.77. The largest absolute Gasteiger partial charge is 0.465 e. The highest BCUT2D eigenvalue weighted by atomic mass is 19.1. The van der Waals surface area contributed by atoms with E-state index in [1.165, 1.54) is 19.4 Å². The first-order chi connectivity index (χ1) is 15.5. The lowest BCUT2D eigenvalue weighted by Crippen LogP contribution is -2.19. The van der Waals surface area contributed by atoms with E-state index >= 15 is 0 Å². The fourth-order valence-electron chi connectivity index (χ4n) is 3.11. The summed E-state index contributed by atoms with van der Waals surface area (Å²) in [5.74, 6) is 0.0195. The van der Waals surface area contributed by atoms with Gasteiger partial charge in [0.15, 0.2) is 17.5 Å². The van der Waals surface area contributed by atoms with E-state index in [1.807, 2.05) is 23.1 Å². The van der Waals surface area contributed by atoms with Gasteiger partial charge in [0, 0.05) is 30.4 Å². The van der Waals surface area contributed by atoms with Crippen molar-refractivity contribution in [3.05, 3.63) is 90.4 Å². The number of hydrogen-bond acceptors (Lipinski definition) is 8. The summed E-state index contributed by atoms with van der Waals surface area (Å²) in [7, 11) is 1.34. The van der Waals surface area contributed by atoms with Gasteiger partial charge in [0.2, 0.25) is 0 Å². The number of hydrogen-bond donors (Lipinski definition) is 1. The average Bonchev–Trinajstić information content (AvgIpc) is 2.84. The number of methoxy groups -OCH3 is 1. The summed E-state index contributed by atoms with van der Waals surface area (Å²) in [5, 5.41) is 0. The Labute approximate surface area is 183 Å². The second-order valence-electron chi connectivity index (χ2n) is 6.83. The molecule has 2 N–H and O–H groups in total. The van der Waals surface area contributed by atoms with E-state index in [0.717, 1.165) is 11.1 Å². The highest BCUT2D eigenvalue weighted by Crippen LogP contribution is 2.28. The Morgan fingerprint density at radius 3 is 2.44 bits per heavy atom. The van der Waals surface area contributed by atoms with Gasteiger partial charge >= 0.3 is 5.97 Å². The van der Waals surface area contributed by atoms with Crippen LogP contribution in [-0.4, -0.2) is 33.0 Å². The van der Waals surface area contributed by atoms with E-state index in [-0.39, 0.29) is 5.82 Å². The predicted molar refractivity (Wildman–Crippen MR) is 117 cm³/mol. The maximum Gasteiger partial charge on any atom is 0.337 e. The highest BCUT2D eigenvalue weighted by Gasteiger charge is 2.15. The van der Waals surface area contributed by atoms with Crippen LogP contribution in [0.2, 0.25) is 0 Å². The maximum absolute atomic E-state index is 13.9. The first-order valence-electron chi connectivity index (χ1n) is 9.63. The van der Waals surface area contributed by atoms with E-state index in [0.29, 0.717) is 29.3 Å². The van der Waals surface area contributed by atoms with Crippen LogP contribution in [0.25, 0.3) is 11.1 Å². The maximum atomic E-state index is 13.9. The van der Waals surface area contributed by atoms with Crippen molar-refractivity contribution in [2.24, 2.45) is 0 Å². The number of pyridine rings is 2. The topological polar surface area (TPSA) is 107 Å². The van der Waals surface area contributed by atoms with Crippen molar-refractivity contribution >= 4 is 23.4 Å². The van der Waals surface area contributed by atoms with Crippen LogP contribution >= 0.6 is 0 Å². The summed E-state index contributed by atoms with van der Waals surface area (Å²) in [6.07, 6.45) is 7.94.